The lowest BCUT2D eigenvalue weighted by Crippen LogP contribution is -2.35. The van der Waals surface area contributed by atoms with Crippen molar-refractivity contribution in [2.75, 3.05) is 0 Å². The van der Waals surface area contributed by atoms with E-state index in [0.717, 1.165) is 22.0 Å². The number of guanidine groups is 1. The standard InChI is InChI=1S/C19H18N4O/c1-11-7-8-13(9-12(11)2)17-10-15(18(24)23-19(20)21)14-5-3-4-6-16(14)22-17/h3-10H,1-2H3,(H4,20,21,23,24). The second-order valence-electron chi connectivity index (χ2n) is 5.74. The number of nitrogens with two attached hydrogens (primary N) is 1. The van der Waals surface area contributed by atoms with E-state index in [1.807, 2.05) is 43.3 Å². The van der Waals surface area contributed by atoms with Gasteiger partial charge >= 0.3 is 0 Å². The van der Waals surface area contributed by atoms with Crippen LogP contribution in [-0.2, 0) is 0 Å². The maximum absolute atomic E-state index is 12.4. The molecule has 3 aromatic rings. The predicted molar refractivity (Wildman–Crippen MR) is 96.0 cm³/mol. The monoisotopic (exact) mass is 318 g/mol. The van der Waals surface area contributed by atoms with Crippen LogP contribution in [0.3, 0.4) is 0 Å². The summed E-state index contributed by atoms with van der Waals surface area (Å²) >= 11 is 0. The molecule has 5 heteroatoms. The van der Waals surface area contributed by atoms with Crippen LogP contribution < -0.4 is 11.1 Å². The number of rotatable bonds is 2. The average molecular weight is 318 g/mol. The molecule has 1 heterocycles. The lowest BCUT2D eigenvalue weighted by molar-refractivity contribution is 0.0978. The molecule has 0 atom stereocenters. The highest BCUT2D eigenvalue weighted by Gasteiger charge is 2.14. The van der Waals surface area contributed by atoms with Crippen molar-refractivity contribution in [3.8, 4) is 11.3 Å². The van der Waals surface area contributed by atoms with Crippen LogP contribution in [0.5, 0.6) is 0 Å². The number of amides is 1. The molecule has 0 saturated heterocycles. The fourth-order valence-corrected chi connectivity index (χ4v) is 2.60. The summed E-state index contributed by atoms with van der Waals surface area (Å²) in [5.74, 6) is -0.792. The summed E-state index contributed by atoms with van der Waals surface area (Å²) in [4.78, 5) is 17.1. The van der Waals surface area contributed by atoms with Gasteiger partial charge in [-0.05, 0) is 43.2 Å². The van der Waals surface area contributed by atoms with Crippen LogP contribution in [0.15, 0.2) is 48.5 Å². The van der Waals surface area contributed by atoms with Gasteiger partial charge in [-0.15, -0.1) is 0 Å². The van der Waals surface area contributed by atoms with Gasteiger partial charge in [0.1, 0.15) is 0 Å². The molecule has 0 saturated carbocycles. The van der Waals surface area contributed by atoms with Crippen LogP contribution in [0.1, 0.15) is 21.5 Å². The van der Waals surface area contributed by atoms with Crippen molar-refractivity contribution in [2.24, 2.45) is 5.73 Å². The molecule has 0 aliphatic carbocycles. The number of hydrogen-bond donors (Lipinski definition) is 3. The van der Waals surface area contributed by atoms with E-state index in [4.69, 9.17) is 11.1 Å². The Morgan fingerprint density at radius 3 is 2.54 bits per heavy atom. The van der Waals surface area contributed by atoms with Crippen LogP contribution in [0.2, 0.25) is 0 Å². The summed E-state index contributed by atoms with van der Waals surface area (Å²) in [5.41, 5.74) is 10.5. The van der Waals surface area contributed by atoms with Gasteiger partial charge in [-0.2, -0.15) is 0 Å². The molecule has 24 heavy (non-hydrogen) atoms. The number of nitrogens with one attached hydrogen (secondary N) is 2. The minimum atomic E-state index is -0.411. The lowest BCUT2D eigenvalue weighted by atomic mass is 10.0. The molecule has 0 unspecified atom stereocenters. The van der Waals surface area contributed by atoms with E-state index >= 15 is 0 Å². The van der Waals surface area contributed by atoms with Crippen LogP contribution >= 0.6 is 0 Å². The van der Waals surface area contributed by atoms with Gasteiger partial charge in [-0.25, -0.2) is 4.98 Å². The molecule has 1 aromatic heterocycles. The lowest BCUT2D eigenvalue weighted by Gasteiger charge is -2.11. The number of carbonyl (C=O) groups is 1. The highest BCUT2D eigenvalue weighted by Crippen LogP contribution is 2.26. The van der Waals surface area contributed by atoms with Gasteiger partial charge in [-0.3, -0.25) is 15.5 Å². The third-order valence-corrected chi connectivity index (χ3v) is 4.01. The van der Waals surface area contributed by atoms with Gasteiger partial charge in [-0.1, -0.05) is 30.3 Å². The second-order valence-corrected chi connectivity index (χ2v) is 5.74. The largest absolute Gasteiger partial charge is 0.370 e. The predicted octanol–water partition coefficient (Wildman–Crippen LogP) is 3.14. The SMILES string of the molecule is Cc1ccc(-c2cc(C(=O)NC(=N)N)c3ccccc3n2)cc1C. The normalized spacial score (nSPS) is 10.6. The smallest absolute Gasteiger partial charge is 0.258 e. The number of carbonyl (C=O) groups excluding carboxylic acids is 1. The van der Waals surface area contributed by atoms with Gasteiger partial charge in [0, 0.05) is 10.9 Å². The van der Waals surface area contributed by atoms with Gasteiger partial charge in [0.15, 0.2) is 5.96 Å². The van der Waals surface area contributed by atoms with Crippen molar-refractivity contribution in [2.45, 2.75) is 13.8 Å². The Hall–Kier alpha value is -3.21. The van der Waals surface area contributed by atoms with Crippen molar-refractivity contribution >= 4 is 22.8 Å². The molecule has 0 aliphatic heterocycles. The first-order chi connectivity index (χ1) is 11.5. The zero-order valence-corrected chi connectivity index (χ0v) is 13.6. The van der Waals surface area contributed by atoms with E-state index in [-0.39, 0.29) is 5.96 Å². The summed E-state index contributed by atoms with van der Waals surface area (Å²) in [6.07, 6.45) is 0. The first kappa shape index (κ1) is 15.7. The number of pyridine rings is 1. The van der Waals surface area contributed by atoms with E-state index < -0.39 is 5.91 Å². The molecule has 0 bridgehead atoms. The van der Waals surface area contributed by atoms with E-state index in [0.29, 0.717) is 11.3 Å². The number of benzene rings is 2. The van der Waals surface area contributed by atoms with Crippen molar-refractivity contribution in [3.63, 3.8) is 0 Å². The Kier molecular flexibility index (Phi) is 4.00. The molecule has 120 valence electrons. The summed E-state index contributed by atoms with van der Waals surface area (Å²) < 4.78 is 0. The highest BCUT2D eigenvalue weighted by atomic mass is 16.1. The molecule has 0 radical (unpaired) electrons. The van der Waals surface area contributed by atoms with Gasteiger partial charge in [0.2, 0.25) is 0 Å². The minimum Gasteiger partial charge on any atom is -0.370 e. The molecule has 1 amide bonds. The summed E-state index contributed by atoms with van der Waals surface area (Å²) in [7, 11) is 0. The minimum absolute atomic E-state index is 0.381. The summed E-state index contributed by atoms with van der Waals surface area (Å²) in [6, 6.07) is 15.3. The Labute approximate surface area is 140 Å². The van der Waals surface area contributed by atoms with Crippen molar-refractivity contribution in [3.05, 3.63) is 65.2 Å². The Bertz CT molecular complexity index is 963. The van der Waals surface area contributed by atoms with Crippen molar-refractivity contribution < 1.29 is 4.79 Å². The molecule has 0 spiro atoms. The van der Waals surface area contributed by atoms with Crippen LogP contribution in [0.25, 0.3) is 22.2 Å². The maximum atomic E-state index is 12.4. The van der Waals surface area contributed by atoms with E-state index in [1.165, 1.54) is 5.56 Å². The summed E-state index contributed by atoms with van der Waals surface area (Å²) in [5, 5.41) is 10.4. The average Bonchev–Trinajstić information content (AvgIpc) is 2.55. The Morgan fingerprint density at radius 1 is 1.08 bits per heavy atom. The third-order valence-electron chi connectivity index (χ3n) is 4.01. The number of hydrogen-bond acceptors (Lipinski definition) is 3. The third kappa shape index (κ3) is 2.96. The molecule has 0 aliphatic rings. The number of fused-ring (bicyclic) bond motifs is 1. The van der Waals surface area contributed by atoms with Crippen molar-refractivity contribution in [1.82, 2.24) is 10.3 Å². The number of aromatic nitrogens is 1. The molecule has 0 fully saturated rings. The molecule has 4 N–H and O–H groups in total. The van der Waals surface area contributed by atoms with Gasteiger partial charge in [0.25, 0.3) is 5.91 Å². The second kappa shape index (κ2) is 6.12. The fraction of sp³-hybridized carbons (Fsp3) is 0.105. The van der Waals surface area contributed by atoms with Gasteiger partial charge in [0.05, 0.1) is 16.8 Å². The zero-order valence-electron chi connectivity index (χ0n) is 13.6. The highest BCUT2D eigenvalue weighted by molar-refractivity contribution is 6.12. The van der Waals surface area contributed by atoms with Crippen LogP contribution in [0, 0.1) is 19.3 Å². The van der Waals surface area contributed by atoms with E-state index in [9.17, 15) is 4.79 Å². The first-order valence-electron chi connectivity index (χ1n) is 7.58. The number of nitrogens with zero attached hydrogens (tertiary/aromatic N) is 1. The molecule has 2 aromatic carbocycles. The van der Waals surface area contributed by atoms with Crippen LogP contribution in [0.4, 0.5) is 0 Å². The zero-order chi connectivity index (χ0) is 17.3. The topological polar surface area (TPSA) is 91.9 Å². The Balaban J connectivity index is 2.21. The van der Waals surface area contributed by atoms with Crippen LogP contribution in [-0.4, -0.2) is 16.9 Å². The molecule has 5 nitrogen and oxygen atoms in total. The first-order valence-corrected chi connectivity index (χ1v) is 7.58. The maximum Gasteiger partial charge on any atom is 0.258 e. The van der Waals surface area contributed by atoms with E-state index in [2.05, 4.69) is 23.3 Å². The molecular weight excluding hydrogens is 300 g/mol. The molecule has 3 rings (SSSR count). The molecular formula is C19H18N4O. The van der Waals surface area contributed by atoms with Gasteiger partial charge < -0.3 is 5.73 Å². The van der Waals surface area contributed by atoms with Crippen molar-refractivity contribution in [1.29, 1.82) is 5.41 Å². The summed E-state index contributed by atoms with van der Waals surface area (Å²) in [6.45, 7) is 4.10. The quantitative estimate of drug-likeness (QED) is 0.500. The Morgan fingerprint density at radius 2 is 1.83 bits per heavy atom. The number of para-hydroxylation sites is 1. The van der Waals surface area contributed by atoms with E-state index in [1.54, 1.807) is 6.07 Å². The number of aryl methyl sites for hydroxylation is 2. The fourth-order valence-electron chi connectivity index (χ4n) is 2.60.